The number of benzene rings is 2. The van der Waals surface area contributed by atoms with Gasteiger partial charge in [0.1, 0.15) is 0 Å². The van der Waals surface area contributed by atoms with Crippen LogP contribution in [0.25, 0.3) is 0 Å². The van der Waals surface area contributed by atoms with Crippen molar-refractivity contribution >= 4 is 0 Å². The lowest BCUT2D eigenvalue weighted by Crippen LogP contribution is -2.04. The van der Waals surface area contributed by atoms with Crippen LogP contribution in [0.4, 0.5) is 0 Å². The van der Waals surface area contributed by atoms with Gasteiger partial charge in [0.05, 0.1) is 6.10 Å². The van der Waals surface area contributed by atoms with Gasteiger partial charge < -0.3 is 5.11 Å². The molecule has 1 unspecified atom stereocenters. The highest BCUT2D eigenvalue weighted by molar-refractivity contribution is 5.35. The highest BCUT2D eigenvalue weighted by Crippen LogP contribution is 2.25. The Kier molecular flexibility index (Phi) is 4.16. The molecular formula is C17H20O. The molecule has 0 heterocycles. The quantitative estimate of drug-likeness (QED) is 0.857. The number of hydrogen-bond acceptors (Lipinski definition) is 1. The van der Waals surface area contributed by atoms with Crippen molar-refractivity contribution in [1.29, 1.82) is 0 Å². The number of rotatable bonds is 4. The lowest BCUT2D eigenvalue weighted by molar-refractivity contribution is 0.166. The minimum atomic E-state index is -0.369. The predicted octanol–water partition coefficient (Wildman–Crippen LogP) is 3.97. The van der Waals surface area contributed by atoms with E-state index in [2.05, 4.69) is 38.1 Å². The Hall–Kier alpha value is -1.60. The lowest BCUT2D eigenvalue weighted by Gasteiger charge is -2.16. The molecule has 1 atom stereocenters. The van der Waals surface area contributed by atoms with Crippen molar-refractivity contribution in [1.82, 2.24) is 0 Å². The molecule has 1 N–H and O–H groups in total. The molecule has 0 spiro atoms. The van der Waals surface area contributed by atoms with E-state index in [9.17, 15) is 5.11 Å². The van der Waals surface area contributed by atoms with Gasteiger partial charge in [-0.25, -0.2) is 0 Å². The van der Waals surface area contributed by atoms with Crippen molar-refractivity contribution in [3.8, 4) is 0 Å². The molecule has 0 aliphatic rings. The molecule has 0 aliphatic carbocycles. The van der Waals surface area contributed by atoms with Crippen LogP contribution < -0.4 is 0 Å². The first-order valence-electron chi connectivity index (χ1n) is 6.46. The standard InChI is InChI=1S/C17H20O/c1-13-7-6-8-14(2)17(13)16(18)12-11-15-9-4-3-5-10-15/h3-10,16,18H,11-12H2,1-2H3. The number of hydrogen-bond donors (Lipinski definition) is 1. The molecule has 2 aromatic carbocycles. The van der Waals surface area contributed by atoms with Crippen LogP contribution in [-0.2, 0) is 6.42 Å². The Morgan fingerprint density at radius 3 is 2.11 bits per heavy atom. The van der Waals surface area contributed by atoms with E-state index in [0.717, 1.165) is 18.4 Å². The summed E-state index contributed by atoms with van der Waals surface area (Å²) >= 11 is 0. The highest BCUT2D eigenvalue weighted by Gasteiger charge is 2.12. The van der Waals surface area contributed by atoms with Crippen molar-refractivity contribution in [3.63, 3.8) is 0 Å². The van der Waals surface area contributed by atoms with Crippen LogP contribution in [-0.4, -0.2) is 5.11 Å². The van der Waals surface area contributed by atoms with E-state index >= 15 is 0 Å². The second kappa shape index (κ2) is 5.83. The van der Waals surface area contributed by atoms with Crippen molar-refractivity contribution < 1.29 is 5.11 Å². The van der Waals surface area contributed by atoms with Crippen molar-refractivity contribution in [2.75, 3.05) is 0 Å². The molecule has 0 aromatic heterocycles. The van der Waals surface area contributed by atoms with Gasteiger partial charge in [0.25, 0.3) is 0 Å². The summed E-state index contributed by atoms with van der Waals surface area (Å²) in [6, 6.07) is 16.5. The third kappa shape index (κ3) is 2.99. The van der Waals surface area contributed by atoms with Crippen LogP contribution in [0.15, 0.2) is 48.5 Å². The summed E-state index contributed by atoms with van der Waals surface area (Å²) in [7, 11) is 0. The van der Waals surface area contributed by atoms with Gasteiger partial charge in [-0.2, -0.15) is 0 Å². The average molecular weight is 240 g/mol. The summed E-state index contributed by atoms with van der Waals surface area (Å²) in [5.41, 5.74) is 4.72. The molecule has 0 bridgehead atoms. The molecular weight excluding hydrogens is 220 g/mol. The van der Waals surface area contributed by atoms with Gasteiger partial charge in [0, 0.05) is 0 Å². The summed E-state index contributed by atoms with van der Waals surface area (Å²) in [5.74, 6) is 0. The zero-order valence-corrected chi connectivity index (χ0v) is 11.1. The SMILES string of the molecule is Cc1cccc(C)c1C(O)CCc1ccccc1. The molecule has 2 rings (SSSR count). The van der Waals surface area contributed by atoms with Crippen LogP contribution in [0, 0.1) is 13.8 Å². The predicted molar refractivity (Wildman–Crippen MR) is 75.6 cm³/mol. The van der Waals surface area contributed by atoms with Crippen LogP contribution in [0.5, 0.6) is 0 Å². The van der Waals surface area contributed by atoms with Gasteiger partial charge in [-0.3, -0.25) is 0 Å². The van der Waals surface area contributed by atoms with E-state index in [-0.39, 0.29) is 6.10 Å². The molecule has 0 radical (unpaired) electrons. The second-order valence-electron chi connectivity index (χ2n) is 4.85. The average Bonchev–Trinajstić information content (AvgIpc) is 2.37. The zero-order chi connectivity index (χ0) is 13.0. The third-order valence-electron chi connectivity index (χ3n) is 3.42. The maximum Gasteiger partial charge on any atom is 0.0798 e. The first kappa shape index (κ1) is 12.8. The van der Waals surface area contributed by atoms with Crippen LogP contribution >= 0.6 is 0 Å². The summed E-state index contributed by atoms with van der Waals surface area (Å²) in [5, 5.41) is 10.3. The van der Waals surface area contributed by atoms with Gasteiger partial charge in [-0.15, -0.1) is 0 Å². The summed E-state index contributed by atoms with van der Waals surface area (Å²) < 4.78 is 0. The summed E-state index contributed by atoms with van der Waals surface area (Å²) in [6.45, 7) is 4.13. The van der Waals surface area contributed by atoms with Crippen molar-refractivity contribution in [2.24, 2.45) is 0 Å². The monoisotopic (exact) mass is 240 g/mol. The lowest BCUT2D eigenvalue weighted by atomic mass is 9.94. The summed E-state index contributed by atoms with van der Waals surface area (Å²) in [6.07, 6.45) is 1.32. The van der Waals surface area contributed by atoms with Crippen LogP contribution in [0.2, 0.25) is 0 Å². The van der Waals surface area contributed by atoms with E-state index in [1.807, 2.05) is 24.3 Å². The molecule has 0 saturated heterocycles. The minimum absolute atomic E-state index is 0.369. The summed E-state index contributed by atoms with van der Waals surface area (Å²) in [4.78, 5) is 0. The van der Waals surface area contributed by atoms with E-state index < -0.39 is 0 Å². The first-order valence-corrected chi connectivity index (χ1v) is 6.46. The number of aliphatic hydroxyl groups excluding tert-OH is 1. The maximum atomic E-state index is 10.3. The second-order valence-corrected chi connectivity index (χ2v) is 4.85. The Labute approximate surface area is 109 Å². The fourth-order valence-corrected chi connectivity index (χ4v) is 2.45. The van der Waals surface area contributed by atoms with Gasteiger partial charge in [0.2, 0.25) is 0 Å². The largest absolute Gasteiger partial charge is 0.388 e. The fraction of sp³-hybridized carbons (Fsp3) is 0.294. The highest BCUT2D eigenvalue weighted by atomic mass is 16.3. The molecule has 0 aliphatic heterocycles. The molecule has 1 heteroatoms. The van der Waals surface area contributed by atoms with E-state index in [1.165, 1.54) is 16.7 Å². The van der Waals surface area contributed by atoms with Gasteiger partial charge in [-0.05, 0) is 48.9 Å². The molecule has 94 valence electrons. The molecule has 1 nitrogen and oxygen atoms in total. The van der Waals surface area contributed by atoms with Crippen molar-refractivity contribution in [2.45, 2.75) is 32.8 Å². The van der Waals surface area contributed by atoms with E-state index in [4.69, 9.17) is 0 Å². The Bertz CT molecular complexity index is 482. The van der Waals surface area contributed by atoms with Crippen LogP contribution in [0.1, 0.15) is 34.8 Å². The van der Waals surface area contributed by atoms with E-state index in [0.29, 0.717) is 0 Å². The van der Waals surface area contributed by atoms with Crippen LogP contribution in [0.3, 0.4) is 0 Å². The molecule has 18 heavy (non-hydrogen) atoms. The molecule has 2 aromatic rings. The van der Waals surface area contributed by atoms with Gasteiger partial charge in [0.15, 0.2) is 0 Å². The normalized spacial score (nSPS) is 12.4. The number of aliphatic hydroxyl groups is 1. The molecule has 0 amide bonds. The maximum absolute atomic E-state index is 10.3. The van der Waals surface area contributed by atoms with E-state index in [1.54, 1.807) is 0 Å². The first-order chi connectivity index (χ1) is 8.68. The Balaban J connectivity index is 2.06. The Morgan fingerprint density at radius 2 is 1.50 bits per heavy atom. The van der Waals surface area contributed by atoms with Gasteiger partial charge >= 0.3 is 0 Å². The molecule has 0 saturated carbocycles. The fourth-order valence-electron chi connectivity index (χ4n) is 2.45. The zero-order valence-electron chi connectivity index (χ0n) is 11.1. The topological polar surface area (TPSA) is 20.2 Å². The Morgan fingerprint density at radius 1 is 0.889 bits per heavy atom. The number of aryl methyl sites for hydroxylation is 3. The van der Waals surface area contributed by atoms with Crippen molar-refractivity contribution in [3.05, 3.63) is 70.8 Å². The smallest absolute Gasteiger partial charge is 0.0798 e. The molecule has 0 fully saturated rings. The minimum Gasteiger partial charge on any atom is -0.388 e. The van der Waals surface area contributed by atoms with Gasteiger partial charge in [-0.1, -0.05) is 48.5 Å². The third-order valence-corrected chi connectivity index (χ3v) is 3.42.